The third-order valence-electron chi connectivity index (χ3n) is 4.19. The second-order valence-electron chi connectivity index (χ2n) is 5.75. The molecule has 0 radical (unpaired) electrons. The van der Waals surface area contributed by atoms with E-state index in [9.17, 15) is 8.42 Å². The minimum absolute atomic E-state index is 0.0836. The molecule has 3 aromatic rings. The zero-order valence-corrected chi connectivity index (χ0v) is 15.3. The number of para-hydroxylation sites is 1. The number of aromatic nitrogens is 3. The number of aryl methyl sites for hydroxylation is 1. The summed E-state index contributed by atoms with van der Waals surface area (Å²) >= 11 is 7.65. The van der Waals surface area contributed by atoms with Gasteiger partial charge in [0.1, 0.15) is 10.2 Å². The minimum atomic E-state index is -3.75. The lowest BCUT2D eigenvalue weighted by Gasteiger charge is -2.21. The Hall–Kier alpha value is -1.48. The molecule has 0 amide bonds. The Kier molecular flexibility index (Phi) is 3.87. The Morgan fingerprint density at radius 1 is 1.33 bits per heavy atom. The number of sulfonamides is 1. The first-order valence-corrected chi connectivity index (χ1v) is 10.2. The van der Waals surface area contributed by atoms with Crippen LogP contribution < -0.4 is 0 Å². The zero-order chi connectivity index (χ0) is 16.9. The average Bonchev–Trinajstić information content (AvgIpc) is 3.26. The fourth-order valence-corrected chi connectivity index (χ4v) is 6.22. The van der Waals surface area contributed by atoms with Gasteiger partial charge >= 0.3 is 0 Å². The summed E-state index contributed by atoms with van der Waals surface area (Å²) in [6.07, 6.45) is 2.96. The molecule has 1 aliphatic rings. The smallest absolute Gasteiger partial charge is 0.264 e. The molecule has 0 bridgehead atoms. The lowest BCUT2D eigenvalue weighted by molar-refractivity contribution is 0.394. The van der Waals surface area contributed by atoms with Gasteiger partial charge in [-0.25, -0.2) is 18.4 Å². The molecular formula is C15H15ClN4O2S2. The van der Waals surface area contributed by atoms with E-state index in [1.807, 2.05) is 24.3 Å². The number of imidazole rings is 1. The SMILES string of the molecule is Cn1cnc(S(=O)(=O)N2CCCC2c2nc3ccccc3s2)c1Cl. The van der Waals surface area contributed by atoms with Gasteiger partial charge < -0.3 is 4.57 Å². The summed E-state index contributed by atoms with van der Waals surface area (Å²) in [7, 11) is -2.08. The maximum absolute atomic E-state index is 13.0. The molecular weight excluding hydrogens is 368 g/mol. The van der Waals surface area contributed by atoms with E-state index >= 15 is 0 Å². The number of nitrogens with zero attached hydrogens (tertiary/aromatic N) is 4. The molecule has 4 rings (SSSR count). The number of hydrogen-bond acceptors (Lipinski definition) is 5. The highest BCUT2D eigenvalue weighted by Gasteiger charge is 2.40. The molecule has 0 saturated carbocycles. The summed E-state index contributed by atoms with van der Waals surface area (Å²) in [5.41, 5.74) is 0.901. The van der Waals surface area contributed by atoms with Crippen molar-refractivity contribution in [2.75, 3.05) is 6.54 Å². The lowest BCUT2D eigenvalue weighted by atomic mass is 10.2. The van der Waals surface area contributed by atoms with E-state index in [0.717, 1.165) is 28.1 Å². The first-order chi connectivity index (χ1) is 11.5. The largest absolute Gasteiger partial charge is 0.324 e. The predicted molar refractivity (Wildman–Crippen MR) is 93.7 cm³/mol. The zero-order valence-electron chi connectivity index (χ0n) is 12.9. The first-order valence-electron chi connectivity index (χ1n) is 7.52. The molecule has 1 fully saturated rings. The van der Waals surface area contributed by atoms with E-state index in [0.29, 0.717) is 6.54 Å². The van der Waals surface area contributed by atoms with Crippen LogP contribution in [-0.2, 0) is 17.1 Å². The molecule has 1 aliphatic heterocycles. The van der Waals surface area contributed by atoms with Crippen LogP contribution in [0.25, 0.3) is 10.2 Å². The van der Waals surface area contributed by atoms with Gasteiger partial charge in [-0.05, 0) is 25.0 Å². The molecule has 0 aliphatic carbocycles. The molecule has 1 atom stereocenters. The number of thiazole rings is 1. The van der Waals surface area contributed by atoms with Crippen LogP contribution in [0.5, 0.6) is 0 Å². The third kappa shape index (κ3) is 2.45. The second-order valence-corrected chi connectivity index (χ2v) is 8.97. The molecule has 126 valence electrons. The van der Waals surface area contributed by atoms with E-state index in [1.54, 1.807) is 18.4 Å². The van der Waals surface area contributed by atoms with Crippen molar-refractivity contribution < 1.29 is 8.42 Å². The molecule has 1 aromatic carbocycles. The summed E-state index contributed by atoms with van der Waals surface area (Å²) in [6, 6.07) is 7.58. The van der Waals surface area contributed by atoms with Gasteiger partial charge in [-0.1, -0.05) is 23.7 Å². The molecule has 0 spiro atoms. The topological polar surface area (TPSA) is 68.1 Å². The van der Waals surface area contributed by atoms with Crippen LogP contribution in [0.2, 0.25) is 5.15 Å². The molecule has 2 aromatic heterocycles. The van der Waals surface area contributed by atoms with Crippen molar-refractivity contribution >= 4 is 43.2 Å². The summed E-state index contributed by atoms with van der Waals surface area (Å²) in [5.74, 6) is 0. The van der Waals surface area contributed by atoms with Crippen molar-refractivity contribution in [3.05, 3.63) is 40.8 Å². The van der Waals surface area contributed by atoms with Crippen LogP contribution in [0.1, 0.15) is 23.9 Å². The van der Waals surface area contributed by atoms with Crippen molar-refractivity contribution in [1.82, 2.24) is 18.8 Å². The predicted octanol–water partition coefficient (Wildman–Crippen LogP) is 3.21. The Balaban J connectivity index is 1.76. The van der Waals surface area contributed by atoms with E-state index in [4.69, 9.17) is 11.6 Å². The quantitative estimate of drug-likeness (QED) is 0.697. The molecule has 1 unspecified atom stereocenters. The van der Waals surface area contributed by atoms with Gasteiger partial charge in [0.2, 0.25) is 5.03 Å². The second kappa shape index (κ2) is 5.80. The van der Waals surface area contributed by atoms with Gasteiger partial charge in [0, 0.05) is 13.6 Å². The van der Waals surface area contributed by atoms with E-state index in [2.05, 4.69) is 9.97 Å². The van der Waals surface area contributed by atoms with Gasteiger partial charge in [0.25, 0.3) is 10.0 Å². The van der Waals surface area contributed by atoms with Crippen LogP contribution in [-0.4, -0.2) is 33.8 Å². The van der Waals surface area contributed by atoms with Gasteiger partial charge in [-0.15, -0.1) is 11.3 Å². The van der Waals surface area contributed by atoms with Gasteiger partial charge in [-0.2, -0.15) is 4.31 Å². The maximum Gasteiger partial charge on any atom is 0.264 e. The van der Waals surface area contributed by atoms with Crippen molar-refractivity contribution in [1.29, 1.82) is 0 Å². The van der Waals surface area contributed by atoms with Crippen LogP contribution >= 0.6 is 22.9 Å². The molecule has 24 heavy (non-hydrogen) atoms. The fourth-order valence-electron chi connectivity index (χ4n) is 2.99. The fraction of sp³-hybridized carbons (Fsp3) is 0.333. The lowest BCUT2D eigenvalue weighted by Crippen LogP contribution is -2.31. The van der Waals surface area contributed by atoms with E-state index < -0.39 is 10.0 Å². The van der Waals surface area contributed by atoms with Crippen molar-refractivity contribution in [2.24, 2.45) is 7.05 Å². The van der Waals surface area contributed by atoms with Crippen molar-refractivity contribution in [3.63, 3.8) is 0 Å². The summed E-state index contributed by atoms with van der Waals surface area (Å²) in [6.45, 7) is 0.454. The molecule has 6 nitrogen and oxygen atoms in total. The first kappa shape index (κ1) is 16.0. The highest BCUT2D eigenvalue weighted by Crippen LogP contribution is 2.40. The van der Waals surface area contributed by atoms with Crippen LogP contribution in [0.4, 0.5) is 0 Å². The maximum atomic E-state index is 13.0. The number of halogens is 1. The number of hydrogen-bond donors (Lipinski definition) is 0. The molecule has 9 heteroatoms. The highest BCUT2D eigenvalue weighted by atomic mass is 35.5. The van der Waals surface area contributed by atoms with E-state index in [1.165, 1.54) is 15.2 Å². The van der Waals surface area contributed by atoms with Crippen molar-refractivity contribution in [2.45, 2.75) is 23.9 Å². The van der Waals surface area contributed by atoms with Crippen LogP contribution in [0.3, 0.4) is 0 Å². The average molecular weight is 383 g/mol. The van der Waals surface area contributed by atoms with E-state index in [-0.39, 0.29) is 16.2 Å². The summed E-state index contributed by atoms with van der Waals surface area (Å²) < 4.78 is 30.1. The summed E-state index contributed by atoms with van der Waals surface area (Å²) in [4.78, 5) is 8.62. The Morgan fingerprint density at radius 3 is 2.83 bits per heavy atom. The van der Waals surface area contributed by atoms with Gasteiger partial charge in [0.05, 0.1) is 22.6 Å². The normalized spacial score (nSPS) is 19.3. The van der Waals surface area contributed by atoms with Gasteiger partial charge in [-0.3, -0.25) is 0 Å². The standard InChI is InChI=1S/C15H15ClN4O2S2/c1-19-9-17-15(13(19)16)24(21,22)20-8-4-6-11(20)14-18-10-5-2-3-7-12(10)23-14/h2-3,5,7,9,11H,4,6,8H2,1H3. The number of fused-ring (bicyclic) bond motifs is 1. The highest BCUT2D eigenvalue weighted by molar-refractivity contribution is 7.89. The molecule has 1 saturated heterocycles. The Labute approximate surface area is 148 Å². The van der Waals surface area contributed by atoms with Crippen molar-refractivity contribution in [3.8, 4) is 0 Å². The molecule has 3 heterocycles. The number of benzene rings is 1. The third-order valence-corrected chi connectivity index (χ3v) is 7.72. The minimum Gasteiger partial charge on any atom is -0.324 e. The van der Waals surface area contributed by atoms with Crippen LogP contribution in [0, 0.1) is 0 Å². The Morgan fingerprint density at radius 2 is 2.12 bits per heavy atom. The molecule has 0 N–H and O–H groups in total. The monoisotopic (exact) mass is 382 g/mol. The summed E-state index contributed by atoms with van der Waals surface area (Å²) in [5, 5.41) is 0.869. The Bertz CT molecular complexity index is 979. The van der Waals surface area contributed by atoms with Crippen LogP contribution in [0.15, 0.2) is 35.6 Å². The van der Waals surface area contributed by atoms with Gasteiger partial charge in [0.15, 0.2) is 0 Å². The number of rotatable bonds is 3.